The Balaban J connectivity index is 1.29. The van der Waals surface area contributed by atoms with Crippen LogP contribution in [0.2, 0.25) is 0 Å². The number of aryl methyl sites for hydroxylation is 2. The van der Waals surface area contributed by atoms with Gasteiger partial charge in [-0.25, -0.2) is 9.97 Å². The van der Waals surface area contributed by atoms with Gasteiger partial charge in [0.2, 0.25) is 5.13 Å². The average molecular weight is 528 g/mol. The highest BCUT2D eigenvalue weighted by Gasteiger charge is 2.27. The topological polar surface area (TPSA) is 106 Å². The van der Waals surface area contributed by atoms with Crippen molar-refractivity contribution < 1.29 is 19.1 Å². The number of piperidine rings is 1. The molecule has 0 spiro atoms. The highest BCUT2D eigenvalue weighted by molar-refractivity contribution is 7.10. The Morgan fingerprint density at radius 2 is 1.89 bits per heavy atom. The van der Waals surface area contributed by atoms with Gasteiger partial charge in [0.25, 0.3) is 11.8 Å². The van der Waals surface area contributed by atoms with Gasteiger partial charge < -0.3 is 9.64 Å². The molecule has 2 aromatic heterocycles. The van der Waals surface area contributed by atoms with Crippen LogP contribution in [-0.2, 0) is 16.0 Å². The van der Waals surface area contributed by atoms with Crippen LogP contribution < -0.4 is 9.64 Å². The summed E-state index contributed by atoms with van der Waals surface area (Å²) < 4.78 is 9.86. The normalized spacial score (nSPS) is 14.1. The number of Topliss-reactive ketones (excluding diaryl/α,β-unsaturated/α-hetero) is 1. The number of ether oxygens (including phenoxy) is 1. The number of rotatable bonds is 8. The summed E-state index contributed by atoms with van der Waals surface area (Å²) in [4.78, 5) is 49.0. The molecule has 1 aliphatic rings. The first kappa shape index (κ1) is 25.9. The van der Waals surface area contributed by atoms with E-state index >= 15 is 0 Å². The summed E-state index contributed by atoms with van der Waals surface area (Å²) in [5, 5.41) is 3.10. The third-order valence-electron chi connectivity index (χ3n) is 6.23. The van der Waals surface area contributed by atoms with Gasteiger partial charge in [0.1, 0.15) is 17.2 Å². The lowest BCUT2D eigenvalue weighted by atomic mass is 9.97. The second kappa shape index (κ2) is 11.3. The van der Waals surface area contributed by atoms with Crippen LogP contribution in [0.4, 0.5) is 5.13 Å². The number of anilines is 1. The molecule has 11 heteroatoms. The molecular formula is C25H29N5O4S2. The van der Waals surface area contributed by atoms with Gasteiger partial charge in [-0.15, -0.1) is 11.3 Å². The fourth-order valence-electron chi connectivity index (χ4n) is 3.92. The molecule has 36 heavy (non-hydrogen) atoms. The maximum Gasteiger partial charge on any atom is 0.279 e. The fraction of sp³-hybridized carbons (Fsp3) is 0.440. The number of benzene rings is 1. The number of amides is 2. The van der Waals surface area contributed by atoms with Crippen molar-refractivity contribution in [1.82, 2.24) is 19.2 Å². The average Bonchev–Trinajstić information content (AvgIpc) is 3.53. The second-order valence-corrected chi connectivity index (χ2v) is 10.6. The first-order valence-corrected chi connectivity index (χ1v) is 13.4. The molecule has 1 saturated heterocycles. The van der Waals surface area contributed by atoms with Crippen LogP contribution in [0.25, 0.3) is 0 Å². The minimum absolute atomic E-state index is 0.0230. The molecule has 3 aromatic rings. The molecule has 3 heterocycles. The summed E-state index contributed by atoms with van der Waals surface area (Å²) in [6, 6.07) is 5.82. The largest absolute Gasteiger partial charge is 0.484 e. The standard InChI is InChI=1S/C25H29N5O4S2/c1-15-5-6-19(11-16(15)2)34-13-22(32)30-9-7-18(8-10-30)23-26-20(14-35-23)24(33)29(4)25-27-21(28-36-25)12-17(3)31/h5-6,11,14,18H,7-10,12-13H2,1-4H3. The van der Waals surface area contributed by atoms with Gasteiger partial charge in [0, 0.05) is 43.0 Å². The predicted octanol–water partition coefficient (Wildman–Crippen LogP) is 3.80. The van der Waals surface area contributed by atoms with Crippen LogP contribution in [0.5, 0.6) is 5.75 Å². The van der Waals surface area contributed by atoms with Gasteiger partial charge in [0.05, 0.1) is 11.4 Å². The quantitative estimate of drug-likeness (QED) is 0.439. The molecule has 0 bridgehead atoms. The lowest BCUT2D eigenvalue weighted by Gasteiger charge is -2.31. The summed E-state index contributed by atoms with van der Waals surface area (Å²) in [6.45, 7) is 6.83. The van der Waals surface area contributed by atoms with E-state index < -0.39 is 0 Å². The van der Waals surface area contributed by atoms with E-state index in [0.717, 1.165) is 34.9 Å². The van der Waals surface area contributed by atoms with Gasteiger partial charge >= 0.3 is 0 Å². The SMILES string of the molecule is CC(=O)Cc1nsc(N(C)C(=O)c2csc(C3CCN(C(=O)COc4ccc(C)c(C)c4)CC3)n2)n1. The van der Waals surface area contributed by atoms with Gasteiger partial charge in [-0.3, -0.25) is 19.3 Å². The third kappa shape index (κ3) is 6.14. The van der Waals surface area contributed by atoms with Crippen LogP contribution in [0.1, 0.15) is 58.1 Å². The minimum atomic E-state index is -0.265. The van der Waals surface area contributed by atoms with Crippen molar-refractivity contribution in [3.05, 3.63) is 51.2 Å². The molecule has 2 amide bonds. The summed E-state index contributed by atoms with van der Waals surface area (Å²) >= 11 is 2.55. The Bertz CT molecular complexity index is 1260. The van der Waals surface area contributed by atoms with Crippen molar-refractivity contribution in [2.45, 2.75) is 46.0 Å². The van der Waals surface area contributed by atoms with Crippen LogP contribution >= 0.6 is 22.9 Å². The van der Waals surface area contributed by atoms with Crippen molar-refractivity contribution in [2.24, 2.45) is 0 Å². The molecule has 1 aromatic carbocycles. The first-order chi connectivity index (χ1) is 17.2. The minimum Gasteiger partial charge on any atom is -0.484 e. The number of hydrogen-bond donors (Lipinski definition) is 0. The highest BCUT2D eigenvalue weighted by Crippen LogP contribution is 2.31. The molecule has 1 fully saturated rings. The monoisotopic (exact) mass is 527 g/mol. The molecule has 0 unspecified atom stereocenters. The van der Waals surface area contributed by atoms with E-state index in [9.17, 15) is 14.4 Å². The van der Waals surface area contributed by atoms with Crippen LogP contribution in [0.3, 0.4) is 0 Å². The van der Waals surface area contributed by atoms with Crippen molar-refractivity contribution >= 4 is 45.6 Å². The lowest BCUT2D eigenvalue weighted by Crippen LogP contribution is -2.40. The fourth-order valence-corrected chi connectivity index (χ4v) is 5.53. The zero-order valence-electron chi connectivity index (χ0n) is 20.8. The van der Waals surface area contributed by atoms with E-state index in [2.05, 4.69) is 14.3 Å². The molecule has 4 rings (SSSR count). The molecule has 0 aliphatic carbocycles. The number of hydrogen-bond acceptors (Lipinski definition) is 9. The smallest absolute Gasteiger partial charge is 0.279 e. The Morgan fingerprint density at radius 1 is 1.14 bits per heavy atom. The second-order valence-electron chi connectivity index (χ2n) is 9.00. The van der Waals surface area contributed by atoms with E-state index in [1.165, 1.54) is 28.7 Å². The number of nitrogens with zero attached hydrogens (tertiary/aromatic N) is 5. The van der Waals surface area contributed by atoms with Crippen LogP contribution in [-0.4, -0.2) is 63.6 Å². The van der Waals surface area contributed by atoms with Gasteiger partial charge in [-0.2, -0.15) is 4.37 Å². The van der Waals surface area contributed by atoms with Gasteiger partial charge in [-0.1, -0.05) is 6.07 Å². The van der Waals surface area contributed by atoms with E-state index in [4.69, 9.17) is 4.74 Å². The van der Waals surface area contributed by atoms with Crippen LogP contribution in [0, 0.1) is 13.8 Å². The Kier molecular flexibility index (Phi) is 8.10. The van der Waals surface area contributed by atoms with Gasteiger partial charge in [0.15, 0.2) is 12.4 Å². The Morgan fingerprint density at radius 3 is 2.58 bits per heavy atom. The number of ketones is 1. The number of aromatic nitrogens is 3. The summed E-state index contributed by atoms with van der Waals surface area (Å²) in [5.41, 5.74) is 2.68. The zero-order chi connectivity index (χ0) is 25.8. The number of carbonyl (C=O) groups excluding carboxylic acids is 3. The molecule has 0 N–H and O–H groups in total. The molecular weight excluding hydrogens is 498 g/mol. The number of thiazole rings is 1. The molecule has 0 radical (unpaired) electrons. The van der Waals surface area contributed by atoms with Gasteiger partial charge in [-0.05, 0) is 56.9 Å². The summed E-state index contributed by atoms with van der Waals surface area (Å²) in [7, 11) is 1.63. The molecule has 0 atom stereocenters. The number of likely N-dealkylation sites (tertiary alicyclic amines) is 1. The maximum atomic E-state index is 12.9. The maximum absolute atomic E-state index is 12.9. The Labute approximate surface area is 218 Å². The summed E-state index contributed by atoms with van der Waals surface area (Å²) in [5.74, 6) is 1.01. The zero-order valence-corrected chi connectivity index (χ0v) is 22.4. The summed E-state index contributed by atoms with van der Waals surface area (Å²) in [6.07, 6.45) is 1.73. The van der Waals surface area contributed by atoms with Crippen molar-refractivity contribution in [3.8, 4) is 5.75 Å². The van der Waals surface area contributed by atoms with Crippen LogP contribution in [0.15, 0.2) is 23.6 Å². The molecule has 1 aliphatic heterocycles. The molecule has 0 saturated carbocycles. The van der Waals surface area contributed by atoms with Crippen molar-refractivity contribution in [2.75, 3.05) is 31.6 Å². The van der Waals surface area contributed by atoms with E-state index in [1.807, 2.05) is 36.9 Å². The Hall–Kier alpha value is -3.18. The first-order valence-electron chi connectivity index (χ1n) is 11.7. The van der Waals surface area contributed by atoms with E-state index in [-0.39, 0.29) is 36.5 Å². The molecule has 9 nitrogen and oxygen atoms in total. The molecule has 190 valence electrons. The number of carbonyl (C=O) groups is 3. The third-order valence-corrected chi connectivity index (χ3v) is 8.07. The predicted molar refractivity (Wildman–Crippen MR) is 139 cm³/mol. The van der Waals surface area contributed by atoms with E-state index in [0.29, 0.717) is 35.5 Å². The van der Waals surface area contributed by atoms with E-state index in [1.54, 1.807) is 12.4 Å². The lowest BCUT2D eigenvalue weighted by molar-refractivity contribution is -0.134. The van der Waals surface area contributed by atoms with Crippen molar-refractivity contribution in [3.63, 3.8) is 0 Å². The highest BCUT2D eigenvalue weighted by atomic mass is 32.1. The van der Waals surface area contributed by atoms with Crippen molar-refractivity contribution in [1.29, 1.82) is 0 Å².